The van der Waals surface area contributed by atoms with Crippen LogP contribution in [0, 0.1) is 6.92 Å². The van der Waals surface area contributed by atoms with Crippen LogP contribution in [0.25, 0.3) is 0 Å². The Labute approximate surface area is 60.1 Å². The van der Waals surface area contributed by atoms with Gasteiger partial charge in [-0.2, -0.15) is 0 Å². The first-order valence-corrected chi connectivity index (χ1v) is 2.71. The lowest BCUT2D eigenvalue weighted by Gasteiger charge is -1.88. The molecule has 1 heterocycles. The normalized spacial score (nSPS) is 13.0. The molecule has 0 atom stereocenters. The van der Waals surface area contributed by atoms with Gasteiger partial charge in [0.1, 0.15) is 13.5 Å². The Hall–Kier alpha value is -1.17. The third kappa shape index (κ3) is 1.66. The molecule has 1 radical (unpaired) electrons. The van der Waals surface area contributed by atoms with Crippen LogP contribution >= 0.6 is 0 Å². The van der Waals surface area contributed by atoms with E-state index in [-0.39, 0.29) is 6.30 Å². The molecule has 6 heteroatoms. The van der Waals surface area contributed by atoms with Crippen molar-refractivity contribution in [3.8, 4) is 0 Å². The van der Waals surface area contributed by atoms with Crippen LogP contribution in [0.2, 0.25) is 0 Å². The fraction of sp³-hybridized carbons (Fsp3) is 0.250. The number of aryl methyl sites for hydroxylation is 1. The van der Waals surface area contributed by atoms with Gasteiger partial charge in [0.2, 0.25) is 5.62 Å². The average Bonchev–Trinajstić information content (AvgIpc) is 1.85. The number of nitrogens with one attached hydrogen (secondary N) is 1. The molecule has 0 aromatic carbocycles. The number of nitrogens with zero attached hydrogens (tertiary/aromatic N) is 3. The van der Waals surface area contributed by atoms with Gasteiger partial charge in [0.25, 0.3) is 0 Å². The molecular weight excluding hydrogens is 129 g/mol. The van der Waals surface area contributed by atoms with E-state index < -0.39 is 0 Å². The Morgan fingerprint density at radius 2 is 2.70 bits per heavy atom. The molecule has 0 aliphatic heterocycles. The lowest BCUT2D eigenvalue weighted by molar-refractivity contribution is 0.902. The molecule has 0 aliphatic rings. The van der Waals surface area contributed by atoms with Gasteiger partial charge in [0.05, 0.1) is 0 Å². The Balaban J connectivity index is 3.19. The molecule has 1 aromatic rings. The van der Waals surface area contributed by atoms with Gasteiger partial charge in [-0.25, -0.2) is 9.97 Å². The largest absolute Gasteiger partial charge is 0.372 e. The minimum atomic E-state index is -0.0677. The van der Waals surface area contributed by atoms with Crippen LogP contribution in [0.3, 0.4) is 0 Å². The smallest absolute Gasteiger partial charge is 0.353 e. The molecular formula is C4H7BN5. The first-order valence-electron chi connectivity index (χ1n) is 3.21. The van der Waals surface area contributed by atoms with Gasteiger partial charge in [0.15, 0.2) is 0 Å². The van der Waals surface area contributed by atoms with Gasteiger partial charge >= 0.3 is 7.55 Å². The molecule has 0 amide bonds. The molecule has 51 valence electrons. The molecule has 0 aliphatic carbocycles. The second-order valence-corrected chi connectivity index (χ2v) is 1.64. The summed E-state index contributed by atoms with van der Waals surface area (Å²) in [5.74, 6) is 0.589. The quantitative estimate of drug-likeness (QED) is 0.462. The maximum atomic E-state index is 7.10. The maximum absolute atomic E-state index is 7.10. The lowest BCUT2D eigenvalue weighted by atomic mass is 10.3. The first-order chi connectivity index (χ1) is 5.22. The summed E-state index contributed by atoms with van der Waals surface area (Å²) < 4.78 is 7.10. The van der Waals surface area contributed by atoms with Crippen molar-refractivity contribution in [1.82, 2.24) is 15.0 Å². The van der Waals surface area contributed by atoms with Crippen LogP contribution < -0.4 is 11.3 Å². The van der Waals surface area contributed by atoms with Gasteiger partial charge in [-0.1, -0.05) is 0 Å². The second-order valence-electron chi connectivity index (χ2n) is 1.64. The predicted octanol–water partition coefficient (Wildman–Crippen LogP) is -1.49. The number of H-pyrrole nitrogens is 1. The molecule has 5 nitrogen and oxygen atoms in total. The average molecular weight is 137 g/mol. The summed E-state index contributed by atoms with van der Waals surface area (Å²) in [7, 11) is 1.11. The van der Waals surface area contributed by atoms with E-state index in [9.17, 15) is 0 Å². The molecule has 0 bridgehead atoms. The van der Waals surface area contributed by atoms with E-state index in [1.54, 1.807) is 6.92 Å². The molecule has 0 unspecified atom stereocenters. The highest BCUT2D eigenvalue weighted by Gasteiger charge is 1.83. The molecule has 10 heavy (non-hydrogen) atoms. The number of aromatic amines is 1. The first kappa shape index (κ1) is 5.61. The molecule has 3 N–H and O–H groups in total. The summed E-state index contributed by atoms with van der Waals surface area (Å²) in [6, 6.07) is 0. The van der Waals surface area contributed by atoms with E-state index in [0.717, 1.165) is 7.55 Å². The number of hydrogen-bond donors (Lipinski definition) is 2. The van der Waals surface area contributed by atoms with Crippen molar-refractivity contribution >= 4 is 7.55 Å². The number of aromatic nitrogens is 3. The summed E-state index contributed by atoms with van der Waals surface area (Å²) in [5.41, 5.74) is 5.32. The molecule has 0 saturated carbocycles. The van der Waals surface area contributed by atoms with Crippen molar-refractivity contribution in [1.29, 1.82) is 0 Å². The van der Waals surface area contributed by atoms with Crippen molar-refractivity contribution in [2.45, 2.75) is 6.92 Å². The van der Waals surface area contributed by atoms with Gasteiger partial charge in [-0.15, -0.1) is 0 Å². The van der Waals surface area contributed by atoms with Gasteiger partial charge in [-0.05, 0) is 6.92 Å². The minimum Gasteiger partial charge on any atom is -0.353 e. The Morgan fingerprint density at radius 3 is 3.30 bits per heavy atom. The SMILES string of the molecule is [2H]c1nc(C)[nH]c(=N[B]N)n1. The van der Waals surface area contributed by atoms with E-state index in [2.05, 4.69) is 19.9 Å². The highest BCUT2D eigenvalue weighted by atomic mass is 15.0. The van der Waals surface area contributed by atoms with Crippen molar-refractivity contribution in [2.75, 3.05) is 0 Å². The van der Waals surface area contributed by atoms with Crippen molar-refractivity contribution in [2.24, 2.45) is 10.5 Å². The van der Waals surface area contributed by atoms with Gasteiger partial charge < -0.3 is 10.6 Å². The van der Waals surface area contributed by atoms with Crippen LogP contribution in [0.1, 0.15) is 7.20 Å². The zero-order valence-corrected chi connectivity index (χ0v) is 5.50. The number of rotatable bonds is 1. The summed E-state index contributed by atoms with van der Waals surface area (Å²) in [6.07, 6.45) is -0.0677. The van der Waals surface area contributed by atoms with E-state index >= 15 is 0 Å². The van der Waals surface area contributed by atoms with Crippen molar-refractivity contribution < 1.29 is 1.37 Å². The number of hydrogen-bond acceptors (Lipinski definition) is 4. The molecule has 0 saturated heterocycles. The maximum Gasteiger partial charge on any atom is 0.372 e. The van der Waals surface area contributed by atoms with Crippen molar-refractivity contribution in [3.05, 3.63) is 17.7 Å². The van der Waals surface area contributed by atoms with Crippen molar-refractivity contribution in [3.63, 3.8) is 0 Å². The van der Waals surface area contributed by atoms with Crippen LogP contribution in [-0.2, 0) is 0 Å². The summed E-state index contributed by atoms with van der Waals surface area (Å²) in [6.45, 7) is 1.72. The van der Waals surface area contributed by atoms with Crippen LogP contribution in [0.5, 0.6) is 0 Å². The van der Waals surface area contributed by atoms with Gasteiger partial charge in [0, 0.05) is 0 Å². The highest BCUT2D eigenvalue weighted by molar-refractivity contribution is 6.28. The van der Waals surface area contributed by atoms with Crippen LogP contribution in [0.4, 0.5) is 0 Å². The van der Waals surface area contributed by atoms with Crippen LogP contribution in [0.15, 0.2) is 11.2 Å². The molecule has 0 spiro atoms. The Morgan fingerprint density at radius 1 is 1.90 bits per heavy atom. The molecule has 1 rings (SSSR count). The Bertz CT molecular complexity index is 284. The fourth-order valence-electron chi connectivity index (χ4n) is 0.497. The van der Waals surface area contributed by atoms with Crippen LogP contribution in [-0.4, -0.2) is 22.5 Å². The van der Waals surface area contributed by atoms with E-state index in [1.165, 1.54) is 0 Å². The highest BCUT2D eigenvalue weighted by Crippen LogP contribution is 1.71. The third-order valence-corrected chi connectivity index (χ3v) is 0.863. The lowest BCUT2D eigenvalue weighted by Crippen LogP contribution is -2.18. The molecule has 0 fully saturated rings. The standard InChI is InChI=1S/C4H7BN5/c1-3-7-2-8-4(9-3)10-5-6/h2H,6H2,1H3,(H,7,8,9,10)/i2D. The Kier molecular flexibility index (Phi) is 1.75. The molecule has 1 aromatic heterocycles. The summed E-state index contributed by atoms with van der Waals surface area (Å²) in [4.78, 5) is 13.7. The third-order valence-electron chi connectivity index (χ3n) is 0.863. The summed E-state index contributed by atoms with van der Waals surface area (Å²) >= 11 is 0. The minimum absolute atomic E-state index is 0.0677. The number of nitrogens with two attached hydrogens (primary N) is 1. The fourth-order valence-corrected chi connectivity index (χ4v) is 0.497. The predicted molar refractivity (Wildman–Crippen MR) is 36.6 cm³/mol. The topological polar surface area (TPSA) is 80.0 Å². The summed E-state index contributed by atoms with van der Waals surface area (Å²) in [5, 5.41) is 0. The van der Waals surface area contributed by atoms with E-state index in [0.29, 0.717) is 11.4 Å². The zero-order chi connectivity index (χ0) is 8.27. The monoisotopic (exact) mass is 137 g/mol. The zero-order valence-electron chi connectivity index (χ0n) is 6.50. The van der Waals surface area contributed by atoms with Gasteiger partial charge in [-0.3, -0.25) is 4.90 Å². The van der Waals surface area contributed by atoms with E-state index in [1.807, 2.05) is 0 Å². The second kappa shape index (κ2) is 3.12. The van der Waals surface area contributed by atoms with E-state index in [4.69, 9.17) is 7.02 Å².